The number of thiocarbonyl (C=S) groups is 1. The average molecular weight is 413 g/mol. The maximum absolute atomic E-state index is 13.1. The van der Waals surface area contributed by atoms with E-state index in [4.69, 9.17) is 21.7 Å². The molecule has 1 N–H and O–H groups in total. The highest BCUT2D eigenvalue weighted by atomic mass is 32.1. The highest BCUT2D eigenvalue weighted by Gasteiger charge is 2.53. The van der Waals surface area contributed by atoms with Gasteiger partial charge in [0.25, 0.3) is 5.91 Å². The normalized spacial score (nSPS) is 18.5. The van der Waals surface area contributed by atoms with E-state index < -0.39 is 11.5 Å². The first-order valence-electron chi connectivity index (χ1n) is 9.48. The van der Waals surface area contributed by atoms with Gasteiger partial charge in [-0.1, -0.05) is 42.5 Å². The van der Waals surface area contributed by atoms with Crippen molar-refractivity contribution in [1.82, 2.24) is 10.2 Å². The van der Waals surface area contributed by atoms with E-state index in [0.717, 1.165) is 11.3 Å². The van der Waals surface area contributed by atoms with Crippen LogP contribution in [0.3, 0.4) is 0 Å². The van der Waals surface area contributed by atoms with Crippen LogP contribution in [0, 0.1) is 0 Å². The number of nitrogens with one attached hydrogen (secondary N) is 1. The Bertz CT molecular complexity index is 885. The molecule has 152 valence electrons. The molecule has 0 radical (unpaired) electrons. The van der Waals surface area contributed by atoms with Crippen LogP contribution in [0.15, 0.2) is 54.6 Å². The van der Waals surface area contributed by atoms with Gasteiger partial charge in [-0.3, -0.25) is 9.59 Å². The Balaban J connectivity index is 1.93. The van der Waals surface area contributed by atoms with E-state index in [2.05, 4.69) is 5.32 Å². The van der Waals surface area contributed by atoms with Crippen molar-refractivity contribution in [2.45, 2.75) is 25.3 Å². The average Bonchev–Trinajstić information content (AvgIpc) is 2.97. The number of esters is 1. The van der Waals surface area contributed by atoms with Gasteiger partial charge in [0.1, 0.15) is 5.75 Å². The summed E-state index contributed by atoms with van der Waals surface area (Å²) in [5.74, 6) is 0.0327. The van der Waals surface area contributed by atoms with Gasteiger partial charge < -0.3 is 19.7 Å². The lowest BCUT2D eigenvalue weighted by Crippen LogP contribution is -2.49. The summed E-state index contributed by atoms with van der Waals surface area (Å²) in [5, 5.41) is 3.07. The fourth-order valence-electron chi connectivity index (χ4n) is 3.59. The number of carbonyl (C=O) groups is 2. The lowest BCUT2D eigenvalue weighted by atomic mass is 9.85. The lowest BCUT2D eigenvalue weighted by molar-refractivity contribution is -0.149. The zero-order valence-electron chi connectivity index (χ0n) is 16.5. The molecule has 1 saturated heterocycles. The van der Waals surface area contributed by atoms with Crippen molar-refractivity contribution in [3.05, 3.63) is 65.7 Å². The van der Waals surface area contributed by atoms with Crippen LogP contribution in [0.25, 0.3) is 0 Å². The molecule has 0 aromatic heterocycles. The van der Waals surface area contributed by atoms with Gasteiger partial charge in [0.15, 0.2) is 10.7 Å². The number of nitrogens with zero attached hydrogens (tertiary/aromatic N) is 1. The Hall–Kier alpha value is -2.93. The van der Waals surface area contributed by atoms with Crippen LogP contribution in [-0.4, -0.2) is 42.2 Å². The van der Waals surface area contributed by atoms with Gasteiger partial charge >= 0.3 is 5.97 Å². The molecule has 0 spiro atoms. The summed E-state index contributed by atoms with van der Waals surface area (Å²) in [5.41, 5.74) is 0.558. The van der Waals surface area contributed by atoms with Crippen molar-refractivity contribution in [2.24, 2.45) is 0 Å². The molecule has 1 atom stereocenters. The fraction of sp³-hybridized carbons (Fsp3) is 0.318. The molecular weight excluding hydrogens is 388 g/mol. The summed E-state index contributed by atoms with van der Waals surface area (Å²) < 4.78 is 10.4. The van der Waals surface area contributed by atoms with Crippen molar-refractivity contribution in [3.63, 3.8) is 0 Å². The van der Waals surface area contributed by atoms with E-state index in [1.807, 2.05) is 54.6 Å². The molecule has 6 nitrogen and oxygen atoms in total. The van der Waals surface area contributed by atoms with Gasteiger partial charge in [0.2, 0.25) is 0 Å². The van der Waals surface area contributed by atoms with E-state index >= 15 is 0 Å². The zero-order valence-corrected chi connectivity index (χ0v) is 17.3. The Kier molecular flexibility index (Phi) is 6.49. The van der Waals surface area contributed by atoms with Crippen LogP contribution in [0.4, 0.5) is 0 Å². The van der Waals surface area contributed by atoms with Crippen molar-refractivity contribution in [1.29, 1.82) is 0 Å². The summed E-state index contributed by atoms with van der Waals surface area (Å²) in [4.78, 5) is 27.3. The molecule has 1 aliphatic heterocycles. The van der Waals surface area contributed by atoms with Gasteiger partial charge in [-0.05, 0) is 48.8 Å². The third-order valence-corrected chi connectivity index (χ3v) is 5.36. The highest BCUT2D eigenvalue weighted by molar-refractivity contribution is 7.80. The van der Waals surface area contributed by atoms with Gasteiger partial charge in [-0.15, -0.1) is 0 Å². The molecule has 1 fully saturated rings. The molecule has 0 aliphatic carbocycles. The predicted molar refractivity (Wildman–Crippen MR) is 114 cm³/mol. The van der Waals surface area contributed by atoms with Gasteiger partial charge in [0.05, 0.1) is 20.1 Å². The summed E-state index contributed by atoms with van der Waals surface area (Å²) in [7, 11) is 1.62. The zero-order chi connectivity index (χ0) is 20.9. The van der Waals surface area contributed by atoms with Crippen LogP contribution in [0.5, 0.6) is 5.75 Å². The van der Waals surface area contributed by atoms with E-state index in [9.17, 15) is 9.59 Å². The summed E-state index contributed by atoms with van der Waals surface area (Å²) in [6, 6.07) is 17.0. The van der Waals surface area contributed by atoms with Crippen LogP contribution < -0.4 is 10.1 Å². The van der Waals surface area contributed by atoms with E-state index in [-0.39, 0.29) is 18.9 Å². The number of hydrogen-bond donors (Lipinski definition) is 1. The van der Waals surface area contributed by atoms with Crippen molar-refractivity contribution < 1.29 is 19.1 Å². The number of ether oxygens (including phenoxy) is 2. The molecule has 0 bridgehead atoms. The molecule has 1 aliphatic rings. The topological polar surface area (TPSA) is 67.9 Å². The number of hydrogen-bond acceptors (Lipinski definition) is 5. The minimum atomic E-state index is -1.23. The molecular formula is C22H24N2O4S. The molecule has 29 heavy (non-hydrogen) atoms. The third-order valence-electron chi connectivity index (χ3n) is 5.04. The molecule has 0 saturated carbocycles. The molecule has 2 aromatic rings. The Morgan fingerprint density at radius 2 is 1.83 bits per heavy atom. The second-order valence-electron chi connectivity index (χ2n) is 6.72. The number of benzene rings is 2. The van der Waals surface area contributed by atoms with Crippen molar-refractivity contribution in [3.8, 4) is 5.75 Å². The van der Waals surface area contributed by atoms with Gasteiger partial charge in [0, 0.05) is 6.54 Å². The number of amides is 1. The smallest absolute Gasteiger partial charge is 0.309 e. The van der Waals surface area contributed by atoms with E-state index in [0.29, 0.717) is 23.6 Å². The van der Waals surface area contributed by atoms with Crippen LogP contribution in [0.1, 0.15) is 24.5 Å². The predicted octanol–water partition coefficient (Wildman–Crippen LogP) is 2.80. The molecule has 7 heteroatoms. The first-order valence-corrected chi connectivity index (χ1v) is 9.89. The second kappa shape index (κ2) is 9.05. The quantitative estimate of drug-likeness (QED) is 0.531. The lowest BCUT2D eigenvalue weighted by Gasteiger charge is -2.36. The minimum absolute atomic E-state index is 0.112. The van der Waals surface area contributed by atoms with Gasteiger partial charge in [-0.2, -0.15) is 0 Å². The third kappa shape index (κ3) is 4.24. The minimum Gasteiger partial charge on any atom is -0.497 e. The molecule has 1 unspecified atom stereocenters. The largest absolute Gasteiger partial charge is 0.497 e. The maximum Gasteiger partial charge on any atom is 0.309 e. The molecule has 1 amide bonds. The summed E-state index contributed by atoms with van der Waals surface area (Å²) in [6.45, 7) is 2.47. The highest BCUT2D eigenvalue weighted by Crippen LogP contribution is 2.37. The molecule has 1 heterocycles. The van der Waals surface area contributed by atoms with Crippen molar-refractivity contribution in [2.75, 3.05) is 20.3 Å². The summed E-state index contributed by atoms with van der Waals surface area (Å²) in [6.07, 6.45) is 0.538. The monoisotopic (exact) mass is 412 g/mol. The molecule has 2 aromatic carbocycles. The Morgan fingerprint density at radius 1 is 1.14 bits per heavy atom. The van der Waals surface area contributed by atoms with Crippen LogP contribution in [-0.2, 0) is 26.3 Å². The van der Waals surface area contributed by atoms with Gasteiger partial charge in [-0.25, -0.2) is 0 Å². The fourth-order valence-corrected chi connectivity index (χ4v) is 3.93. The van der Waals surface area contributed by atoms with E-state index in [1.54, 1.807) is 18.9 Å². The Labute approximate surface area is 175 Å². The number of rotatable bonds is 8. The van der Waals surface area contributed by atoms with Crippen LogP contribution in [0.2, 0.25) is 0 Å². The standard InChI is InChI=1S/C22H24N2O4S/c1-3-28-19(25)15-22(17-7-5-4-6-8-17)20(26)23-21(29)24(22)14-13-16-9-11-18(27-2)12-10-16/h4-12H,3,13-15H2,1-2H3,(H,23,26,29). The first-order chi connectivity index (χ1) is 14.0. The number of carbonyl (C=O) groups excluding carboxylic acids is 2. The summed E-state index contributed by atoms with van der Waals surface area (Å²) >= 11 is 5.46. The SMILES string of the molecule is CCOC(=O)CC1(c2ccccc2)C(=O)NC(=S)N1CCc1ccc(OC)cc1. The maximum atomic E-state index is 13.1. The molecule has 3 rings (SSSR count). The Morgan fingerprint density at radius 3 is 2.45 bits per heavy atom. The van der Waals surface area contributed by atoms with Crippen molar-refractivity contribution >= 4 is 29.2 Å². The second-order valence-corrected chi connectivity index (χ2v) is 7.10. The number of methoxy groups -OCH3 is 1. The first kappa shape index (κ1) is 20.8. The van der Waals surface area contributed by atoms with E-state index in [1.165, 1.54) is 0 Å². The van der Waals surface area contributed by atoms with Crippen LogP contribution >= 0.6 is 12.2 Å².